The van der Waals surface area contributed by atoms with Crippen LogP contribution >= 0.6 is 0 Å². The third kappa shape index (κ3) is 2.52. The Morgan fingerprint density at radius 1 is 1.14 bits per heavy atom. The Labute approximate surface area is 123 Å². The molecule has 2 aromatic rings. The van der Waals surface area contributed by atoms with Crippen LogP contribution in [0.25, 0.3) is 0 Å². The summed E-state index contributed by atoms with van der Waals surface area (Å²) in [6.07, 6.45) is 0. The fourth-order valence-corrected chi connectivity index (χ4v) is 2.35. The minimum Gasteiger partial charge on any atom is -0.494 e. The van der Waals surface area contributed by atoms with Crippen LogP contribution in [0.1, 0.15) is 18.1 Å². The molecule has 1 amide bonds. The van der Waals surface area contributed by atoms with Gasteiger partial charge in [-0.1, -0.05) is 18.2 Å². The lowest BCUT2D eigenvalue weighted by Crippen LogP contribution is -2.13. The quantitative estimate of drug-likeness (QED) is 0.936. The first-order valence-corrected chi connectivity index (χ1v) is 6.92. The highest BCUT2D eigenvalue weighted by Crippen LogP contribution is 2.29. The number of carbonyl (C=O) groups is 1. The van der Waals surface area contributed by atoms with E-state index in [2.05, 4.69) is 10.3 Å². The van der Waals surface area contributed by atoms with Crippen molar-refractivity contribution in [3.63, 3.8) is 0 Å². The highest BCUT2D eigenvalue weighted by Gasteiger charge is 2.26. The van der Waals surface area contributed by atoms with Crippen LogP contribution < -0.4 is 10.1 Å². The van der Waals surface area contributed by atoms with E-state index in [9.17, 15) is 4.79 Å². The Hall–Kier alpha value is -2.62. The van der Waals surface area contributed by atoms with Gasteiger partial charge in [0, 0.05) is 5.56 Å². The standard InChI is InChI=1S/C17H16N2O2/c1-3-21-13-9-7-12(8-10-13)18-16-14-6-4-5-11(2)15(14)19-17(16)20/h4-10H,3H2,1-2H3,(H,18,19,20). The minimum absolute atomic E-state index is 0.159. The second-order valence-electron chi connectivity index (χ2n) is 4.84. The van der Waals surface area contributed by atoms with Gasteiger partial charge in [0.25, 0.3) is 5.91 Å². The number of hydrogen-bond donors (Lipinski definition) is 1. The van der Waals surface area contributed by atoms with Crippen LogP contribution in [0.2, 0.25) is 0 Å². The number of para-hydroxylation sites is 1. The van der Waals surface area contributed by atoms with E-state index in [1.807, 2.05) is 56.3 Å². The van der Waals surface area contributed by atoms with Gasteiger partial charge in [-0.25, -0.2) is 4.99 Å². The number of carbonyl (C=O) groups excluding carboxylic acids is 1. The summed E-state index contributed by atoms with van der Waals surface area (Å²) >= 11 is 0. The molecule has 2 aromatic carbocycles. The zero-order valence-electron chi connectivity index (χ0n) is 12.0. The largest absolute Gasteiger partial charge is 0.494 e. The zero-order valence-corrected chi connectivity index (χ0v) is 12.0. The molecule has 4 heteroatoms. The van der Waals surface area contributed by atoms with Crippen LogP contribution in [0, 0.1) is 6.92 Å². The number of nitrogens with one attached hydrogen (secondary N) is 1. The summed E-state index contributed by atoms with van der Waals surface area (Å²) in [7, 11) is 0. The molecule has 21 heavy (non-hydrogen) atoms. The summed E-state index contributed by atoms with van der Waals surface area (Å²) < 4.78 is 5.40. The van der Waals surface area contributed by atoms with Crippen LogP contribution in [-0.2, 0) is 4.79 Å². The van der Waals surface area contributed by atoms with Gasteiger partial charge >= 0.3 is 0 Å². The van der Waals surface area contributed by atoms with Crippen LogP contribution in [-0.4, -0.2) is 18.2 Å². The second kappa shape index (κ2) is 5.40. The summed E-state index contributed by atoms with van der Waals surface area (Å²) in [5.74, 6) is 0.641. The van der Waals surface area contributed by atoms with E-state index in [0.717, 1.165) is 28.3 Å². The molecule has 1 aliphatic heterocycles. The van der Waals surface area contributed by atoms with Crippen molar-refractivity contribution in [1.29, 1.82) is 0 Å². The van der Waals surface area contributed by atoms with Crippen LogP contribution in [0.3, 0.4) is 0 Å². The maximum Gasteiger partial charge on any atom is 0.275 e. The Morgan fingerprint density at radius 2 is 1.90 bits per heavy atom. The van der Waals surface area contributed by atoms with E-state index in [0.29, 0.717) is 12.3 Å². The highest BCUT2D eigenvalue weighted by atomic mass is 16.5. The summed E-state index contributed by atoms with van der Waals surface area (Å²) in [4.78, 5) is 16.6. The van der Waals surface area contributed by atoms with Gasteiger partial charge < -0.3 is 10.1 Å². The molecule has 0 saturated carbocycles. The number of rotatable bonds is 3. The van der Waals surface area contributed by atoms with Gasteiger partial charge in [0.1, 0.15) is 11.5 Å². The molecule has 106 valence electrons. The van der Waals surface area contributed by atoms with Crippen molar-refractivity contribution < 1.29 is 9.53 Å². The Balaban J connectivity index is 1.97. The van der Waals surface area contributed by atoms with Crippen molar-refractivity contribution in [2.75, 3.05) is 11.9 Å². The summed E-state index contributed by atoms with van der Waals surface area (Å²) in [5.41, 5.74) is 3.94. The van der Waals surface area contributed by atoms with E-state index in [-0.39, 0.29) is 5.91 Å². The van der Waals surface area contributed by atoms with Crippen molar-refractivity contribution in [2.24, 2.45) is 4.99 Å². The van der Waals surface area contributed by atoms with Gasteiger partial charge in [-0.15, -0.1) is 0 Å². The van der Waals surface area contributed by atoms with E-state index in [1.165, 1.54) is 0 Å². The Bertz CT molecular complexity index is 718. The van der Waals surface area contributed by atoms with Crippen molar-refractivity contribution in [3.05, 3.63) is 53.6 Å². The lowest BCUT2D eigenvalue weighted by molar-refractivity contribution is -0.110. The molecular weight excluding hydrogens is 264 g/mol. The molecule has 0 spiro atoms. The molecular formula is C17H16N2O2. The van der Waals surface area contributed by atoms with E-state index < -0.39 is 0 Å². The zero-order chi connectivity index (χ0) is 14.8. The molecule has 1 aliphatic rings. The van der Waals surface area contributed by atoms with Gasteiger partial charge in [0.15, 0.2) is 0 Å². The number of benzene rings is 2. The van der Waals surface area contributed by atoms with E-state index in [1.54, 1.807) is 0 Å². The van der Waals surface area contributed by atoms with E-state index in [4.69, 9.17) is 4.74 Å². The van der Waals surface area contributed by atoms with Gasteiger partial charge in [0.2, 0.25) is 0 Å². The lowest BCUT2D eigenvalue weighted by Gasteiger charge is -2.03. The van der Waals surface area contributed by atoms with Crippen molar-refractivity contribution >= 4 is 23.0 Å². The maximum atomic E-state index is 12.1. The molecule has 0 radical (unpaired) electrons. The monoisotopic (exact) mass is 280 g/mol. The Morgan fingerprint density at radius 3 is 2.62 bits per heavy atom. The van der Waals surface area contributed by atoms with Gasteiger partial charge in [-0.3, -0.25) is 4.79 Å². The fourth-order valence-electron chi connectivity index (χ4n) is 2.35. The normalized spacial score (nSPS) is 15.0. The maximum absolute atomic E-state index is 12.1. The van der Waals surface area contributed by atoms with Crippen molar-refractivity contribution in [1.82, 2.24) is 0 Å². The SMILES string of the molecule is CCOc1ccc(N=C2C(=O)Nc3c(C)cccc32)cc1. The number of aliphatic imine (C=N–C) groups is 1. The van der Waals surface area contributed by atoms with E-state index >= 15 is 0 Å². The number of amides is 1. The van der Waals surface area contributed by atoms with Gasteiger partial charge in [0.05, 0.1) is 18.0 Å². The fraction of sp³-hybridized carbons (Fsp3) is 0.176. The first-order chi connectivity index (χ1) is 10.2. The third-order valence-corrected chi connectivity index (χ3v) is 3.37. The van der Waals surface area contributed by atoms with Crippen molar-refractivity contribution in [3.8, 4) is 5.75 Å². The van der Waals surface area contributed by atoms with Gasteiger partial charge in [-0.2, -0.15) is 0 Å². The molecule has 4 nitrogen and oxygen atoms in total. The molecule has 3 rings (SSSR count). The third-order valence-electron chi connectivity index (χ3n) is 3.37. The number of hydrogen-bond acceptors (Lipinski definition) is 3. The average molecular weight is 280 g/mol. The molecule has 0 aromatic heterocycles. The second-order valence-corrected chi connectivity index (χ2v) is 4.84. The van der Waals surface area contributed by atoms with Crippen LogP contribution in [0.15, 0.2) is 47.5 Å². The molecule has 0 fully saturated rings. The predicted molar refractivity (Wildman–Crippen MR) is 83.6 cm³/mol. The topological polar surface area (TPSA) is 50.7 Å². The molecule has 1 heterocycles. The molecule has 0 unspecified atom stereocenters. The van der Waals surface area contributed by atoms with Gasteiger partial charge in [-0.05, 0) is 43.7 Å². The minimum atomic E-state index is -0.159. The average Bonchev–Trinajstić information content (AvgIpc) is 2.80. The number of anilines is 1. The first-order valence-electron chi connectivity index (χ1n) is 6.92. The molecule has 0 aliphatic carbocycles. The molecule has 1 N–H and O–H groups in total. The summed E-state index contributed by atoms with van der Waals surface area (Å²) in [5, 5.41) is 2.87. The molecule has 0 saturated heterocycles. The number of ether oxygens (including phenoxy) is 1. The predicted octanol–water partition coefficient (Wildman–Crippen LogP) is 3.47. The molecule has 0 bridgehead atoms. The number of fused-ring (bicyclic) bond motifs is 1. The first kappa shape index (κ1) is 13.4. The summed E-state index contributed by atoms with van der Waals surface area (Å²) in [6.45, 7) is 4.54. The highest BCUT2D eigenvalue weighted by molar-refractivity contribution is 6.54. The van der Waals surface area contributed by atoms with Crippen LogP contribution in [0.4, 0.5) is 11.4 Å². The smallest absolute Gasteiger partial charge is 0.275 e. The van der Waals surface area contributed by atoms with Crippen molar-refractivity contribution in [2.45, 2.75) is 13.8 Å². The molecule has 0 atom stereocenters. The lowest BCUT2D eigenvalue weighted by atomic mass is 10.1. The number of nitrogens with zero attached hydrogens (tertiary/aromatic N) is 1. The summed E-state index contributed by atoms with van der Waals surface area (Å²) in [6, 6.07) is 13.2. The number of aryl methyl sites for hydroxylation is 1. The Kier molecular flexibility index (Phi) is 3.44. The van der Waals surface area contributed by atoms with Crippen LogP contribution in [0.5, 0.6) is 5.75 Å².